The second kappa shape index (κ2) is 17.0. The number of hydrogen-bond acceptors (Lipinski definition) is 7. The van der Waals surface area contributed by atoms with E-state index in [-0.39, 0.29) is 40.6 Å². The first-order valence-electron chi connectivity index (χ1n) is 11.8. The largest absolute Gasteiger partial charge is 0.469 e. The summed E-state index contributed by atoms with van der Waals surface area (Å²) < 4.78 is 9.66. The summed E-state index contributed by atoms with van der Waals surface area (Å²) in [6.45, 7) is 4.26. The van der Waals surface area contributed by atoms with Crippen LogP contribution in [-0.4, -0.2) is 53.7 Å². The zero-order valence-corrected chi connectivity index (χ0v) is 20.6. The van der Waals surface area contributed by atoms with Gasteiger partial charge in [0.1, 0.15) is 5.78 Å². The molecular formula is C25H40O6S. The molecule has 1 unspecified atom stereocenters. The second-order valence-corrected chi connectivity index (χ2v) is 9.36. The van der Waals surface area contributed by atoms with Crippen LogP contribution in [0.1, 0.15) is 71.6 Å². The molecule has 1 aliphatic rings. The quantitative estimate of drug-likeness (QED) is 0.200. The summed E-state index contributed by atoms with van der Waals surface area (Å²) in [6.07, 6.45) is 14.1. The van der Waals surface area contributed by atoms with Crippen LogP contribution in [0.5, 0.6) is 0 Å². The molecule has 6 nitrogen and oxygen atoms in total. The lowest BCUT2D eigenvalue weighted by atomic mass is 9.91. The molecule has 0 radical (unpaired) electrons. The Kier molecular flexibility index (Phi) is 15.1. The van der Waals surface area contributed by atoms with Crippen molar-refractivity contribution in [2.75, 3.05) is 19.5 Å². The van der Waals surface area contributed by atoms with Gasteiger partial charge >= 0.3 is 11.9 Å². The van der Waals surface area contributed by atoms with E-state index in [0.29, 0.717) is 32.3 Å². The molecule has 0 aromatic heterocycles. The smallest absolute Gasteiger partial charge is 0.315 e. The average Bonchev–Trinajstić information content (AvgIpc) is 3.07. The van der Waals surface area contributed by atoms with Crippen LogP contribution in [-0.2, 0) is 23.9 Å². The van der Waals surface area contributed by atoms with E-state index in [0.717, 1.165) is 32.1 Å². The fraction of sp³-hybridized carbons (Fsp3) is 0.720. The third-order valence-electron chi connectivity index (χ3n) is 5.63. The van der Waals surface area contributed by atoms with E-state index >= 15 is 0 Å². The number of aliphatic hydroxyl groups excluding tert-OH is 1. The first kappa shape index (κ1) is 28.4. The summed E-state index contributed by atoms with van der Waals surface area (Å²) in [5, 5.41) is 10.3. The molecule has 32 heavy (non-hydrogen) atoms. The van der Waals surface area contributed by atoms with Crippen molar-refractivity contribution in [3.05, 3.63) is 24.3 Å². The van der Waals surface area contributed by atoms with Crippen LogP contribution in [0.15, 0.2) is 24.3 Å². The number of esters is 2. The Morgan fingerprint density at radius 2 is 1.97 bits per heavy atom. The van der Waals surface area contributed by atoms with Gasteiger partial charge in [0, 0.05) is 24.0 Å². The number of aliphatic hydroxyl groups is 1. The summed E-state index contributed by atoms with van der Waals surface area (Å²) in [5.74, 6) is -0.241. The van der Waals surface area contributed by atoms with Crippen molar-refractivity contribution in [3.63, 3.8) is 0 Å². The molecule has 0 heterocycles. The number of rotatable bonds is 16. The molecule has 182 valence electrons. The summed E-state index contributed by atoms with van der Waals surface area (Å²) in [7, 11) is 1.38. The van der Waals surface area contributed by atoms with Crippen molar-refractivity contribution in [2.45, 2.75) is 83.0 Å². The Morgan fingerprint density at radius 3 is 2.66 bits per heavy atom. The van der Waals surface area contributed by atoms with Crippen LogP contribution in [0.25, 0.3) is 0 Å². The van der Waals surface area contributed by atoms with Gasteiger partial charge in [-0.2, -0.15) is 0 Å². The van der Waals surface area contributed by atoms with Gasteiger partial charge in [-0.3, -0.25) is 14.4 Å². The molecule has 0 bridgehead atoms. The predicted octanol–water partition coefficient (Wildman–Crippen LogP) is 4.64. The van der Waals surface area contributed by atoms with Gasteiger partial charge in [-0.15, -0.1) is 11.8 Å². The predicted molar refractivity (Wildman–Crippen MR) is 128 cm³/mol. The number of carbonyl (C=O) groups is 3. The second-order valence-electron chi connectivity index (χ2n) is 8.13. The maximum absolute atomic E-state index is 12.7. The minimum atomic E-state index is -0.512. The van der Waals surface area contributed by atoms with Crippen molar-refractivity contribution in [1.29, 1.82) is 0 Å². The molecule has 7 heteroatoms. The number of unbranched alkanes of at least 4 members (excludes halogenated alkanes) is 3. The highest BCUT2D eigenvalue weighted by molar-refractivity contribution is 8.00. The molecule has 0 spiro atoms. The van der Waals surface area contributed by atoms with E-state index < -0.39 is 6.10 Å². The van der Waals surface area contributed by atoms with Gasteiger partial charge < -0.3 is 14.6 Å². The van der Waals surface area contributed by atoms with Gasteiger partial charge in [0.15, 0.2) is 0 Å². The van der Waals surface area contributed by atoms with Gasteiger partial charge in [0.2, 0.25) is 0 Å². The summed E-state index contributed by atoms with van der Waals surface area (Å²) in [6, 6.07) is 0. The molecule has 1 N–H and O–H groups in total. The van der Waals surface area contributed by atoms with Crippen LogP contribution in [0.3, 0.4) is 0 Å². The molecular weight excluding hydrogens is 428 g/mol. The number of ether oxygens (including phenoxy) is 2. The summed E-state index contributed by atoms with van der Waals surface area (Å²) >= 11 is 1.47. The lowest BCUT2D eigenvalue weighted by Crippen LogP contribution is -2.19. The Morgan fingerprint density at radius 1 is 1.19 bits per heavy atom. The van der Waals surface area contributed by atoms with Crippen molar-refractivity contribution < 1.29 is 29.0 Å². The standard InChI is InChI=1S/C25H40O6S/c1-4-6-9-12-19(26)15-16-21-20(13-10-7-8-11-14-24(28)30-3)22(27)17-23(21)32-18-25(29)31-5-2/h7,10,15-16,19-21,23,26H,4-6,8-9,11-14,17-18H2,1-3H3/b10-7-,16-15+/t19-,20+,21+,23?/m0/s1. The fourth-order valence-corrected chi connectivity index (χ4v) is 5.06. The van der Waals surface area contributed by atoms with E-state index in [1.165, 1.54) is 18.9 Å². The van der Waals surface area contributed by atoms with E-state index in [1.54, 1.807) is 6.92 Å². The highest BCUT2D eigenvalue weighted by atomic mass is 32.2. The number of Topliss-reactive ketones (excluding diaryl/α,β-unsaturated/α-hetero) is 1. The lowest BCUT2D eigenvalue weighted by Gasteiger charge is -2.20. The van der Waals surface area contributed by atoms with Crippen LogP contribution >= 0.6 is 11.8 Å². The monoisotopic (exact) mass is 468 g/mol. The number of methoxy groups -OCH3 is 1. The molecule has 1 saturated carbocycles. The molecule has 0 aromatic carbocycles. The first-order chi connectivity index (χ1) is 15.4. The Labute approximate surface area is 197 Å². The maximum atomic E-state index is 12.7. The van der Waals surface area contributed by atoms with E-state index in [9.17, 15) is 19.5 Å². The van der Waals surface area contributed by atoms with Crippen molar-refractivity contribution in [1.82, 2.24) is 0 Å². The first-order valence-corrected chi connectivity index (χ1v) is 12.9. The fourth-order valence-electron chi connectivity index (χ4n) is 3.84. The average molecular weight is 469 g/mol. The van der Waals surface area contributed by atoms with E-state index in [4.69, 9.17) is 4.74 Å². The molecule has 0 aromatic rings. The normalized spacial score (nSPS) is 22.0. The van der Waals surface area contributed by atoms with Crippen molar-refractivity contribution >= 4 is 29.5 Å². The number of hydrogen-bond donors (Lipinski definition) is 1. The SMILES string of the molecule is CCCCC[C@H](O)/C=C/[C@H]1C(SCC(=O)OCC)CC(=O)[C@@H]1C/C=C\CCCC(=O)OC. The highest BCUT2D eigenvalue weighted by Gasteiger charge is 2.40. The van der Waals surface area contributed by atoms with Gasteiger partial charge in [-0.25, -0.2) is 0 Å². The van der Waals surface area contributed by atoms with Crippen molar-refractivity contribution in [3.8, 4) is 0 Å². The third-order valence-corrected chi connectivity index (χ3v) is 6.94. The Bertz CT molecular complexity index is 630. The van der Waals surface area contributed by atoms with Crippen LogP contribution < -0.4 is 0 Å². The van der Waals surface area contributed by atoms with Gasteiger partial charge in [0.25, 0.3) is 0 Å². The minimum Gasteiger partial charge on any atom is -0.469 e. The van der Waals surface area contributed by atoms with Gasteiger partial charge in [-0.1, -0.05) is 50.5 Å². The highest BCUT2D eigenvalue weighted by Crippen LogP contribution is 2.40. The zero-order valence-electron chi connectivity index (χ0n) is 19.8. The summed E-state index contributed by atoms with van der Waals surface area (Å²) in [5.41, 5.74) is 0. The molecule has 0 amide bonds. The van der Waals surface area contributed by atoms with Crippen LogP contribution in [0, 0.1) is 11.8 Å². The van der Waals surface area contributed by atoms with Gasteiger partial charge in [-0.05, 0) is 38.5 Å². The van der Waals surface area contributed by atoms with Crippen LogP contribution in [0.4, 0.5) is 0 Å². The molecule has 1 fully saturated rings. The minimum absolute atomic E-state index is 0.00345. The van der Waals surface area contributed by atoms with Gasteiger partial charge in [0.05, 0.1) is 25.6 Å². The molecule has 1 aliphatic carbocycles. The number of thioether (sulfide) groups is 1. The maximum Gasteiger partial charge on any atom is 0.315 e. The van der Waals surface area contributed by atoms with Crippen molar-refractivity contribution in [2.24, 2.45) is 11.8 Å². The Balaban J connectivity index is 2.72. The lowest BCUT2D eigenvalue weighted by molar-refractivity contribution is -0.141. The Hall–Kier alpha value is -1.60. The van der Waals surface area contributed by atoms with Crippen LogP contribution in [0.2, 0.25) is 0 Å². The topological polar surface area (TPSA) is 89.9 Å². The molecule has 0 aliphatic heterocycles. The van der Waals surface area contributed by atoms with E-state index in [1.807, 2.05) is 24.3 Å². The number of allylic oxidation sites excluding steroid dienone is 3. The summed E-state index contributed by atoms with van der Waals surface area (Å²) in [4.78, 5) is 35.7. The zero-order chi connectivity index (χ0) is 23.8. The van der Waals surface area contributed by atoms with E-state index in [2.05, 4.69) is 11.7 Å². The number of carbonyl (C=O) groups excluding carboxylic acids is 3. The molecule has 4 atom stereocenters. The molecule has 1 rings (SSSR count). The number of ketones is 1. The molecule has 0 saturated heterocycles. The third kappa shape index (κ3) is 11.3.